The van der Waals surface area contributed by atoms with Crippen molar-refractivity contribution in [3.8, 4) is 0 Å². The Morgan fingerprint density at radius 2 is 1.80 bits per heavy atom. The molecule has 0 aliphatic carbocycles. The van der Waals surface area contributed by atoms with Crippen LogP contribution in [0.2, 0.25) is 0 Å². The number of hydrogen-bond donors (Lipinski definition) is 2. The molecule has 0 saturated carbocycles. The summed E-state index contributed by atoms with van der Waals surface area (Å²) in [5.74, 6) is -1.01. The van der Waals surface area contributed by atoms with E-state index in [9.17, 15) is 14.0 Å². The number of carboxylic acids is 1. The molecule has 2 aromatic carbocycles. The monoisotopic (exact) mass is 342 g/mol. The number of aromatic carboxylic acids is 1. The highest BCUT2D eigenvalue weighted by molar-refractivity contribution is 5.87. The zero-order valence-corrected chi connectivity index (χ0v) is 13.6. The van der Waals surface area contributed by atoms with Crippen molar-refractivity contribution in [3.05, 3.63) is 71.0 Å². The summed E-state index contributed by atoms with van der Waals surface area (Å²) in [6, 6.07) is 12.7. The van der Waals surface area contributed by atoms with Crippen molar-refractivity contribution in [2.24, 2.45) is 0 Å². The number of nitrogens with one attached hydrogen (secondary N) is 1. The predicted molar refractivity (Wildman–Crippen MR) is 91.0 cm³/mol. The van der Waals surface area contributed by atoms with Crippen molar-refractivity contribution >= 4 is 12.0 Å². The highest BCUT2D eigenvalue weighted by Gasteiger charge is 2.27. The first-order chi connectivity index (χ1) is 12.0. The van der Waals surface area contributed by atoms with Crippen molar-refractivity contribution in [1.29, 1.82) is 0 Å². The molecule has 25 heavy (non-hydrogen) atoms. The standard InChI is InChI=1S/C19H19FN2O3/c20-17-7-5-14(6-8-17)16-9-10-22(12-16)19(25)21-11-13-1-3-15(4-2-13)18(23)24/h1-8,16H,9-12H2,(H,21,25)(H,23,24). The van der Waals surface area contributed by atoms with Gasteiger partial charge < -0.3 is 15.3 Å². The number of carbonyl (C=O) groups excluding carboxylic acids is 1. The molecule has 1 unspecified atom stereocenters. The summed E-state index contributed by atoms with van der Waals surface area (Å²) in [4.78, 5) is 24.9. The normalized spacial score (nSPS) is 16.7. The van der Waals surface area contributed by atoms with Gasteiger partial charge in [0, 0.05) is 25.6 Å². The molecule has 2 amide bonds. The smallest absolute Gasteiger partial charge is 0.335 e. The minimum Gasteiger partial charge on any atom is -0.478 e. The Bertz CT molecular complexity index is 759. The van der Waals surface area contributed by atoms with Crippen LogP contribution >= 0.6 is 0 Å². The first-order valence-corrected chi connectivity index (χ1v) is 8.13. The maximum Gasteiger partial charge on any atom is 0.335 e. The zero-order valence-electron chi connectivity index (χ0n) is 13.6. The number of hydrogen-bond acceptors (Lipinski definition) is 2. The number of rotatable bonds is 4. The van der Waals surface area contributed by atoms with E-state index in [2.05, 4.69) is 5.32 Å². The van der Waals surface area contributed by atoms with Crippen molar-refractivity contribution in [1.82, 2.24) is 10.2 Å². The van der Waals surface area contributed by atoms with Gasteiger partial charge in [0.25, 0.3) is 0 Å². The Hall–Kier alpha value is -2.89. The number of urea groups is 1. The molecule has 1 atom stereocenters. The molecular formula is C19H19FN2O3. The van der Waals surface area contributed by atoms with Crippen molar-refractivity contribution in [2.45, 2.75) is 18.9 Å². The van der Waals surface area contributed by atoms with E-state index in [1.165, 1.54) is 24.3 Å². The number of amides is 2. The summed E-state index contributed by atoms with van der Waals surface area (Å²) in [6.07, 6.45) is 0.854. The minimum absolute atomic E-state index is 0.146. The molecule has 0 aromatic heterocycles. The largest absolute Gasteiger partial charge is 0.478 e. The van der Waals surface area contributed by atoms with Gasteiger partial charge in [0.15, 0.2) is 0 Å². The average molecular weight is 342 g/mol. The molecule has 1 saturated heterocycles. The maximum atomic E-state index is 13.0. The van der Waals surface area contributed by atoms with Crippen LogP contribution in [0.3, 0.4) is 0 Å². The van der Waals surface area contributed by atoms with E-state index in [1.807, 2.05) is 0 Å². The number of carbonyl (C=O) groups is 2. The summed E-state index contributed by atoms with van der Waals surface area (Å²) < 4.78 is 13.0. The molecule has 5 nitrogen and oxygen atoms in total. The summed E-state index contributed by atoms with van der Waals surface area (Å²) in [7, 11) is 0. The van der Waals surface area contributed by atoms with E-state index in [-0.39, 0.29) is 23.3 Å². The second-order valence-electron chi connectivity index (χ2n) is 6.14. The van der Waals surface area contributed by atoms with E-state index in [0.717, 1.165) is 17.5 Å². The SMILES string of the molecule is O=C(O)c1ccc(CNC(=O)N2CCC(c3ccc(F)cc3)C2)cc1. The second kappa shape index (κ2) is 7.34. The third kappa shape index (κ3) is 4.15. The van der Waals surface area contributed by atoms with Crippen molar-refractivity contribution in [3.63, 3.8) is 0 Å². The summed E-state index contributed by atoms with van der Waals surface area (Å²) in [5, 5.41) is 11.7. The molecule has 130 valence electrons. The minimum atomic E-state index is -0.973. The van der Waals surface area contributed by atoms with Gasteiger partial charge in [-0.25, -0.2) is 14.0 Å². The van der Waals surface area contributed by atoms with Gasteiger partial charge in [0.05, 0.1) is 5.56 Å². The molecule has 0 spiro atoms. The van der Waals surface area contributed by atoms with E-state index in [4.69, 9.17) is 5.11 Å². The molecular weight excluding hydrogens is 323 g/mol. The molecule has 6 heteroatoms. The van der Waals surface area contributed by atoms with Crippen LogP contribution in [0.4, 0.5) is 9.18 Å². The molecule has 3 rings (SSSR count). The number of nitrogens with zero attached hydrogens (tertiary/aromatic N) is 1. The van der Waals surface area contributed by atoms with Crippen LogP contribution in [0.5, 0.6) is 0 Å². The van der Waals surface area contributed by atoms with Crippen molar-refractivity contribution in [2.75, 3.05) is 13.1 Å². The molecule has 1 fully saturated rings. The fourth-order valence-corrected chi connectivity index (χ4v) is 3.01. The lowest BCUT2D eigenvalue weighted by molar-refractivity contribution is 0.0697. The Labute approximate surface area is 145 Å². The van der Waals surface area contributed by atoms with Crippen LogP contribution in [0.25, 0.3) is 0 Å². The Morgan fingerprint density at radius 1 is 1.12 bits per heavy atom. The Kier molecular flexibility index (Phi) is 4.97. The molecule has 0 radical (unpaired) electrons. The van der Waals surface area contributed by atoms with Crippen LogP contribution < -0.4 is 5.32 Å². The van der Waals surface area contributed by atoms with Crippen LogP contribution in [-0.4, -0.2) is 35.1 Å². The van der Waals surface area contributed by atoms with E-state index in [1.54, 1.807) is 29.2 Å². The van der Waals surface area contributed by atoms with Crippen LogP contribution in [-0.2, 0) is 6.54 Å². The molecule has 1 heterocycles. The van der Waals surface area contributed by atoms with Gasteiger partial charge in [-0.15, -0.1) is 0 Å². The average Bonchev–Trinajstić information content (AvgIpc) is 3.11. The topological polar surface area (TPSA) is 69.6 Å². The van der Waals surface area contributed by atoms with Gasteiger partial charge in [-0.05, 0) is 41.8 Å². The second-order valence-corrected chi connectivity index (χ2v) is 6.14. The Morgan fingerprint density at radius 3 is 2.44 bits per heavy atom. The number of carboxylic acid groups (broad SMARTS) is 1. The third-order valence-corrected chi connectivity index (χ3v) is 4.46. The van der Waals surface area contributed by atoms with E-state index < -0.39 is 5.97 Å². The van der Waals surface area contributed by atoms with Crippen LogP contribution in [0, 0.1) is 5.82 Å². The number of likely N-dealkylation sites (tertiary alicyclic amines) is 1. The predicted octanol–water partition coefficient (Wildman–Crippen LogP) is 3.22. The van der Waals surface area contributed by atoms with Crippen molar-refractivity contribution < 1.29 is 19.1 Å². The molecule has 1 aliphatic heterocycles. The maximum absolute atomic E-state index is 13.0. The van der Waals surface area contributed by atoms with Gasteiger partial charge >= 0.3 is 12.0 Å². The van der Waals surface area contributed by atoms with E-state index in [0.29, 0.717) is 19.6 Å². The highest BCUT2D eigenvalue weighted by atomic mass is 19.1. The van der Waals surface area contributed by atoms with Gasteiger partial charge in [-0.3, -0.25) is 0 Å². The lowest BCUT2D eigenvalue weighted by Gasteiger charge is -2.17. The third-order valence-electron chi connectivity index (χ3n) is 4.46. The zero-order chi connectivity index (χ0) is 17.8. The van der Waals surface area contributed by atoms with Crippen LogP contribution in [0.1, 0.15) is 33.8 Å². The first kappa shape index (κ1) is 17.0. The van der Waals surface area contributed by atoms with Gasteiger partial charge in [0.2, 0.25) is 0 Å². The van der Waals surface area contributed by atoms with Crippen LogP contribution in [0.15, 0.2) is 48.5 Å². The van der Waals surface area contributed by atoms with Gasteiger partial charge in [-0.2, -0.15) is 0 Å². The van der Waals surface area contributed by atoms with Gasteiger partial charge in [0.1, 0.15) is 5.82 Å². The summed E-state index contributed by atoms with van der Waals surface area (Å²) in [6.45, 7) is 1.61. The lowest BCUT2D eigenvalue weighted by atomic mass is 9.99. The highest BCUT2D eigenvalue weighted by Crippen LogP contribution is 2.27. The molecule has 2 aromatic rings. The Balaban J connectivity index is 1.52. The number of halogens is 1. The van der Waals surface area contributed by atoms with E-state index >= 15 is 0 Å². The molecule has 1 aliphatic rings. The number of benzene rings is 2. The van der Waals surface area contributed by atoms with Gasteiger partial charge in [-0.1, -0.05) is 24.3 Å². The molecule has 2 N–H and O–H groups in total. The lowest BCUT2D eigenvalue weighted by Crippen LogP contribution is -2.37. The first-order valence-electron chi connectivity index (χ1n) is 8.13. The fourth-order valence-electron chi connectivity index (χ4n) is 3.01. The summed E-state index contributed by atoms with van der Waals surface area (Å²) in [5.41, 5.74) is 2.10. The molecule has 0 bridgehead atoms. The fraction of sp³-hybridized carbons (Fsp3) is 0.263. The summed E-state index contributed by atoms with van der Waals surface area (Å²) >= 11 is 0. The quantitative estimate of drug-likeness (QED) is 0.896.